The van der Waals surface area contributed by atoms with Crippen LogP contribution in [0.4, 0.5) is 0 Å². The third kappa shape index (κ3) is 4.93. The Bertz CT molecular complexity index is 1340. The molecule has 3 aromatic rings. The number of aryl methyl sites for hydroxylation is 1. The van der Waals surface area contributed by atoms with E-state index in [1.807, 2.05) is 24.3 Å². The molecule has 0 spiro atoms. The van der Waals surface area contributed by atoms with E-state index in [0.29, 0.717) is 23.7 Å². The van der Waals surface area contributed by atoms with Gasteiger partial charge in [0.1, 0.15) is 23.1 Å². The largest absolute Gasteiger partial charge is 0.491 e. The predicted octanol–water partition coefficient (Wildman–Crippen LogP) is 6.39. The van der Waals surface area contributed by atoms with Crippen molar-refractivity contribution in [3.05, 3.63) is 98.4 Å². The van der Waals surface area contributed by atoms with Gasteiger partial charge in [-0.3, -0.25) is 0 Å². The molecule has 1 atom stereocenters. The zero-order chi connectivity index (χ0) is 25.1. The van der Waals surface area contributed by atoms with Crippen molar-refractivity contribution in [2.75, 3.05) is 6.61 Å². The number of rotatable bonds is 6. The molecule has 0 radical (unpaired) electrons. The molecule has 8 heteroatoms. The van der Waals surface area contributed by atoms with E-state index >= 15 is 0 Å². The lowest BCUT2D eigenvalue weighted by molar-refractivity contribution is 0.0734. The van der Waals surface area contributed by atoms with Gasteiger partial charge < -0.3 is 19.9 Å². The summed E-state index contributed by atoms with van der Waals surface area (Å²) in [6.07, 6.45) is 0.910. The highest BCUT2D eigenvalue weighted by Gasteiger charge is 2.31. The summed E-state index contributed by atoms with van der Waals surface area (Å²) in [5.41, 5.74) is 9.42. The fourth-order valence-corrected chi connectivity index (χ4v) is 4.51. The standard InChI is InChI=1S/C27H22Cl2N2O4/c1-3-15-5-7-16(8-6-15)24-19-10-9-18(13-23(19)35-26(31)20(24)14-30)34-27(32)17-11-21(28)25(33-4-2)22(29)12-17/h5-13,24H,3-4,31H2,1-2H3. The molecule has 2 N–H and O–H groups in total. The average molecular weight is 509 g/mol. The Balaban J connectivity index is 1.64. The van der Waals surface area contributed by atoms with E-state index in [9.17, 15) is 10.1 Å². The summed E-state index contributed by atoms with van der Waals surface area (Å²) >= 11 is 12.4. The van der Waals surface area contributed by atoms with E-state index in [-0.39, 0.29) is 27.2 Å². The number of allylic oxidation sites excluding steroid dienone is 1. The molecule has 0 bridgehead atoms. The van der Waals surface area contributed by atoms with Gasteiger partial charge in [-0.25, -0.2) is 4.79 Å². The van der Waals surface area contributed by atoms with Crippen LogP contribution in [0.3, 0.4) is 0 Å². The van der Waals surface area contributed by atoms with E-state index in [4.69, 9.17) is 43.1 Å². The van der Waals surface area contributed by atoms with Crippen molar-refractivity contribution in [3.63, 3.8) is 0 Å². The van der Waals surface area contributed by atoms with E-state index in [1.54, 1.807) is 25.1 Å². The number of nitrogens with zero attached hydrogens (tertiary/aromatic N) is 1. The number of hydrogen-bond acceptors (Lipinski definition) is 6. The molecule has 6 nitrogen and oxygen atoms in total. The SMILES string of the molecule is CCOc1c(Cl)cc(C(=O)Oc2ccc3c(c2)OC(N)=C(C#N)C3c2ccc(CC)cc2)cc1Cl. The quantitative estimate of drug-likeness (QED) is 0.306. The monoisotopic (exact) mass is 508 g/mol. The summed E-state index contributed by atoms with van der Waals surface area (Å²) in [5.74, 6) is -0.0905. The second-order valence-electron chi connectivity index (χ2n) is 7.81. The molecule has 1 aliphatic heterocycles. The van der Waals surface area contributed by atoms with Crippen LogP contribution in [0.25, 0.3) is 0 Å². The highest BCUT2D eigenvalue weighted by Crippen LogP contribution is 2.43. The molecule has 0 amide bonds. The van der Waals surface area contributed by atoms with Gasteiger partial charge in [0.05, 0.1) is 28.1 Å². The second-order valence-corrected chi connectivity index (χ2v) is 8.63. The predicted molar refractivity (Wildman–Crippen MR) is 134 cm³/mol. The number of hydrogen-bond donors (Lipinski definition) is 1. The number of nitrogens with two attached hydrogens (primary N) is 1. The third-order valence-electron chi connectivity index (χ3n) is 5.65. The van der Waals surface area contributed by atoms with Gasteiger partial charge in [-0.05, 0) is 42.7 Å². The molecular formula is C27H22Cl2N2O4. The molecule has 178 valence electrons. The zero-order valence-electron chi connectivity index (χ0n) is 19.1. The second kappa shape index (κ2) is 10.3. The molecule has 1 aliphatic rings. The van der Waals surface area contributed by atoms with Crippen molar-refractivity contribution in [1.29, 1.82) is 5.26 Å². The van der Waals surface area contributed by atoms with Crippen LogP contribution in [0, 0.1) is 11.3 Å². The lowest BCUT2D eigenvalue weighted by atomic mass is 9.83. The first-order valence-corrected chi connectivity index (χ1v) is 11.8. The lowest BCUT2D eigenvalue weighted by Gasteiger charge is -2.26. The fourth-order valence-electron chi connectivity index (χ4n) is 3.91. The van der Waals surface area contributed by atoms with Gasteiger partial charge >= 0.3 is 5.97 Å². The van der Waals surface area contributed by atoms with Crippen LogP contribution in [0.2, 0.25) is 10.0 Å². The molecule has 3 aromatic carbocycles. The van der Waals surface area contributed by atoms with Crippen LogP contribution in [0.5, 0.6) is 17.2 Å². The maximum absolute atomic E-state index is 12.8. The number of esters is 1. The normalized spacial score (nSPS) is 14.5. The average Bonchev–Trinajstić information content (AvgIpc) is 2.85. The Morgan fingerprint density at radius 2 is 1.77 bits per heavy atom. The van der Waals surface area contributed by atoms with E-state index in [1.165, 1.54) is 17.7 Å². The summed E-state index contributed by atoms with van der Waals surface area (Å²) in [6, 6.07) is 18.0. The Kier molecular flexibility index (Phi) is 7.20. The van der Waals surface area contributed by atoms with Gasteiger partial charge in [0.2, 0.25) is 5.88 Å². The van der Waals surface area contributed by atoms with Gasteiger partial charge in [-0.15, -0.1) is 0 Å². The molecule has 0 aromatic heterocycles. The minimum Gasteiger partial charge on any atom is -0.491 e. The van der Waals surface area contributed by atoms with E-state index in [0.717, 1.165) is 17.5 Å². The molecule has 0 saturated heterocycles. The van der Waals surface area contributed by atoms with E-state index < -0.39 is 11.9 Å². The van der Waals surface area contributed by atoms with Gasteiger partial charge in [-0.2, -0.15) is 5.26 Å². The Hall–Kier alpha value is -3.66. The van der Waals surface area contributed by atoms with E-state index in [2.05, 4.69) is 13.0 Å². The summed E-state index contributed by atoms with van der Waals surface area (Å²) in [6.45, 7) is 4.27. The van der Waals surface area contributed by atoms with Crippen LogP contribution in [-0.2, 0) is 6.42 Å². The minimum atomic E-state index is -0.652. The van der Waals surface area contributed by atoms with Crippen LogP contribution in [0.1, 0.15) is 46.8 Å². The van der Waals surface area contributed by atoms with Gasteiger partial charge in [0.25, 0.3) is 0 Å². The minimum absolute atomic E-state index is 0.0121. The van der Waals surface area contributed by atoms with Crippen molar-refractivity contribution >= 4 is 29.2 Å². The molecule has 1 heterocycles. The van der Waals surface area contributed by atoms with Crippen LogP contribution < -0.4 is 19.9 Å². The molecule has 0 saturated carbocycles. The highest BCUT2D eigenvalue weighted by atomic mass is 35.5. The van der Waals surface area contributed by atoms with Crippen LogP contribution >= 0.6 is 23.2 Å². The first-order chi connectivity index (χ1) is 16.9. The maximum atomic E-state index is 12.8. The molecule has 35 heavy (non-hydrogen) atoms. The van der Waals surface area contributed by atoms with Crippen molar-refractivity contribution < 1.29 is 19.0 Å². The topological polar surface area (TPSA) is 94.6 Å². The van der Waals surface area contributed by atoms with Gasteiger partial charge in [0, 0.05) is 11.6 Å². The molecule has 1 unspecified atom stereocenters. The number of carbonyl (C=O) groups is 1. The van der Waals surface area contributed by atoms with Crippen molar-refractivity contribution in [3.8, 4) is 23.3 Å². The zero-order valence-corrected chi connectivity index (χ0v) is 20.6. The number of ether oxygens (including phenoxy) is 3. The summed E-state index contributed by atoms with van der Waals surface area (Å²) in [7, 11) is 0. The number of halogens is 2. The molecular weight excluding hydrogens is 487 g/mol. The first-order valence-electron chi connectivity index (χ1n) is 11.0. The van der Waals surface area contributed by atoms with Gasteiger partial charge in [0.15, 0.2) is 5.75 Å². The summed E-state index contributed by atoms with van der Waals surface area (Å²) in [4.78, 5) is 12.8. The number of nitriles is 1. The maximum Gasteiger partial charge on any atom is 0.343 e. The Morgan fingerprint density at radius 1 is 1.09 bits per heavy atom. The third-order valence-corrected chi connectivity index (χ3v) is 6.21. The fraction of sp³-hybridized carbons (Fsp3) is 0.185. The molecule has 0 aliphatic carbocycles. The summed E-state index contributed by atoms with van der Waals surface area (Å²) in [5, 5.41) is 10.2. The van der Waals surface area contributed by atoms with Crippen molar-refractivity contribution in [1.82, 2.24) is 0 Å². The first kappa shape index (κ1) is 24.5. The number of fused-ring (bicyclic) bond motifs is 1. The number of benzene rings is 3. The van der Waals surface area contributed by atoms with Crippen molar-refractivity contribution in [2.24, 2.45) is 5.73 Å². The Morgan fingerprint density at radius 3 is 2.37 bits per heavy atom. The Labute approximate surface area is 213 Å². The van der Waals surface area contributed by atoms with Crippen LogP contribution in [0.15, 0.2) is 66.1 Å². The molecule has 0 fully saturated rings. The van der Waals surface area contributed by atoms with Crippen molar-refractivity contribution in [2.45, 2.75) is 26.2 Å². The summed E-state index contributed by atoms with van der Waals surface area (Å²) < 4.78 is 16.7. The smallest absolute Gasteiger partial charge is 0.343 e. The highest BCUT2D eigenvalue weighted by molar-refractivity contribution is 6.37. The lowest BCUT2D eigenvalue weighted by Crippen LogP contribution is -2.21. The molecule has 4 rings (SSSR count). The van der Waals surface area contributed by atoms with Crippen LogP contribution in [-0.4, -0.2) is 12.6 Å². The van der Waals surface area contributed by atoms with Gasteiger partial charge in [-0.1, -0.05) is 60.5 Å². The number of carbonyl (C=O) groups excluding carboxylic acids is 1.